The first kappa shape index (κ1) is 13.8. The van der Waals surface area contributed by atoms with E-state index in [1.54, 1.807) is 13.2 Å². The van der Waals surface area contributed by atoms with Crippen molar-refractivity contribution < 1.29 is 4.74 Å². The van der Waals surface area contributed by atoms with E-state index < -0.39 is 0 Å². The summed E-state index contributed by atoms with van der Waals surface area (Å²) < 4.78 is 5.30. The molecule has 2 atom stereocenters. The average molecular weight is 262 g/mol. The predicted octanol–water partition coefficient (Wildman–Crippen LogP) is 3.29. The van der Waals surface area contributed by atoms with Gasteiger partial charge < -0.3 is 10.5 Å². The Morgan fingerprint density at radius 2 is 2.06 bits per heavy atom. The molecule has 0 saturated carbocycles. The number of rotatable bonds is 5. The Kier molecular flexibility index (Phi) is 5.56. The lowest BCUT2D eigenvalue weighted by atomic mass is 10.0. The minimum Gasteiger partial charge on any atom is -0.380 e. The Labute approximate surface area is 107 Å². The fraction of sp³-hybridized carbons (Fsp3) is 0.500. The van der Waals surface area contributed by atoms with Crippen LogP contribution in [0.5, 0.6) is 0 Å². The molecule has 2 N–H and O–H groups in total. The summed E-state index contributed by atoms with van der Waals surface area (Å²) in [5.41, 5.74) is 7.03. The lowest BCUT2D eigenvalue weighted by Gasteiger charge is -2.21. The summed E-state index contributed by atoms with van der Waals surface area (Å²) in [4.78, 5) is 0. The second-order valence-corrected chi connectivity index (χ2v) is 4.55. The van der Waals surface area contributed by atoms with E-state index in [2.05, 4.69) is 0 Å². The highest BCUT2D eigenvalue weighted by atomic mass is 35.5. The monoisotopic (exact) mass is 261 g/mol. The van der Waals surface area contributed by atoms with Crippen LogP contribution in [0.4, 0.5) is 0 Å². The van der Waals surface area contributed by atoms with Crippen LogP contribution < -0.4 is 5.73 Å². The van der Waals surface area contributed by atoms with Crippen LogP contribution in [-0.2, 0) is 11.2 Å². The van der Waals surface area contributed by atoms with Gasteiger partial charge in [0.25, 0.3) is 0 Å². The highest BCUT2D eigenvalue weighted by molar-refractivity contribution is 6.42. The number of halogens is 2. The van der Waals surface area contributed by atoms with Gasteiger partial charge >= 0.3 is 0 Å². The van der Waals surface area contributed by atoms with Crippen LogP contribution in [0.1, 0.15) is 18.9 Å². The Morgan fingerprint density at radius 3 is 2.62 bits per heavy atom. The maximum absolute atomic E-state index is 6.10. The lowest BCUT2D eigenvalue weighted by molar-refractivity contribution is 0.0773. The third-order valence-electron chi connectivity index (χ3n) is 2.67. The molecule has 0 aromatic heterocycles. The van der Waals surface area contributed by atoms with E-state index in [4.69, 9.17) is 33.7 Å². The van der Waals surface area contributed by atoms with Crippen molar-refractivity contribution in [2.45, 2.75) is 31.9 Å². The molecule has 4 heteroatoms. The van der Waals surface area contributed by atoms with Gasteiger partial charge in [-0.25, -0.2) is 0 Å². The van der Waals surface area contributed by atoms with E-state index in [0.29, 0.717) is 16.5 Å². The first-order valence-corrected chi connectivity index (χ1v) is 6.07. The molecule has 1 aromatic carbocycles. The second-order valence-electron chi connectivity index (χ2n) is 3.76. The molecule has 0 fully saturated rings. The smallest absolute Gasteiger partial charge is 0.0722 e. The van der Waals surface area contributed by atoms with Crippen LogP contribution in [0.2, 0.25) is 10.0 Å². The van der Waals surface area contributed by atoms with Crippen LogP contribution >= 0.6 is 23.2 Å². The first-order valence-electron chi connectivity index (χ1n) is 5.31. The zero-order valence-electron chi connectivity index (χ0n) is 9.54. The fourth-order valence-electron chi connectivity index (χ4n) is 1.74. The standard InChI is InChI=1S/C12H17Cl2NO/c1-3-11(16-2)10(15)7-8-5-4-6-9(13)12(8)14/h4-6,10-11H,3,7,15H2,1-2H3. The van der Waals surface area contributed by atoms with E-state index in [9.17, 15) is 0 Å². The van der Waals surface area contributed by atoms with E-state index in [-0.39, 0.29) is 12.1 Å². The molecule has 2 unspecified atom stereocenters. The molecule has 0 amide bonds. The summed E-state index contributed by atoms with van der Waals surface area (Å²) in [6.45, 7) is 2.05. The summed E-state index contributed by atoms with van der Waals surface area (Å²) in [7, 11) is 1.67. The summed E-state index contributed by atoms with van der Waals surface area (Å²) in [6.07, 6.45) is 1.61. The van der Waals surface area contributed by atoms with Gasteiger partial charge in [0.15, 0.2) is 0 Å². The van der Waals surface area contributed by atoms with Crippen molar-refractivity contribution in [3.8, 4) is 0 Å². The topological polar surface area (TPSA) is 35.2 Å². The molecule has 0 aliphatic carbocycles. The fourth-order valence-corrected chi connectivity index (χ4v) is 2.13. The van der Waals surface area contributed by atoms with Crippen molar-refractivity contribution in [3.63, 3.8) is 0 Å². The van der Waals surface area contributed by atoms with Gasteiger partial charge in [0.05, 0.1) is 16.1 Å². The van der Waals surface area contributed by atoms with Gasteiger partial charge in [-0.3, -0.25) is 0 Å². The normalized spacial score (nSPS) is 14.8. The van der Waals surface area contributed by atoms with Crippen LogP contribution in [0.25, 0.3) is 0 Å². The third kappa shape index (κ3) is 3.36. The van der Waals surface area contributed by atoms with Crippen molar-refractivity contribution in [2.75, 3.05) is 7.11 Å². The minimum atomic E-state index is -0.0639. The van der Waals surface area contributed by atoms with Gasteiger partial charge in [-0.2, -0.15) is 0 Å². The largest absolute Gasteiger partial charge is 0.380 e. The molecular formula is C12H17Cl2NO. The zero-order valence-corrected chi connectivity index (χ0v) is 11.1. The number of ether oxygens (including phenoxy) is 1. The Morgan fingerprint density at radius 1 is 1.38 bits per heavy atom. The molecule has 0 aliphatic heterocycles. The van der Waals surface area contributed by atoms with E-state index in [1.807, 2.05) is 19.1 Å². The maximum Gasteiger partial charge on any atom is 0.0722 e. The number of hydrogen-bond donors (Lipinski definition) is 1. The van der Waals surface area contributed by atoms with E-state index in [1.165, 1.54) is 0 Å². The molecule has 1 aromatic rings. The predicted molar refractivity (Wildman–Crippen MR) is 69.2 cm³/mol. The summed E-state index contributed by atoms with van der Waals surface area (Å²) in [5, 5.41) is 1.16. The van der Waals surface area contributed by atoms with Crippen molar-refractivity contribution >= 4 is 23.2 Å². The van der Waals surface area contributed by atoms with Crippen molar-refractivity contribution in [1.29, 1.82) is 0 Å². The molecule has 0 radical (unpaired) electrons. The summed E-state index contributed by atoms with van der Waals surface area (Å²) in [5.74, 6) is 0. The molecule has 0 aliphatic rings. The lowest BCUT2D eigenvalue weighted by Crippen LogP contribution is -2.37. The summed E-state index contributed by atoms with van der Waals surface area (Å²) in [6, 6.07) is 5.53. The van der Waals surface area contributed by atoms with Gasteiger partial charge in [0.2, 0.25) is 0 Å². The number of hydrogen-bond acceptors (Lipinski definition) is 2. The zero-order chi connectivity index (χ0) is 12.1. The maximum atomic E-state index is 6.10. The molecule has 16 heavy (non-hydrogen) atoms. The van der Waals surface area contributed by atoms with Crippen LogP contribution in [0.3, 0.4) is 0 Å². The Bertz CT molecular complexity index is 340. The first-order chi connectivity index (χ1) is 7.60. The van der Waals surface area contributed by atoms with Gasteiger partial charge in [0.1, 0.15) is 0 Å². The van der Waals surface area contributed by atoms with Gasteiger partial charge in [-0.1, -0.05) is 42.3 Å². The number of benzene rings is 1. The Balaban J connectivity index is 2.76. The highest BCUT2D eigenvalue weighted by Gasteiger charge is 2.17. The van der Waals surface area contributed by atoms with Crippen LogP contribution in [-0.4, -0.2) is 19.3 Å². The summed E-state index contributed by atoms with van der Waals surface area (Å²) >= 11 is 12.0. The third-order valence-corrected chi connectivity index (χ3v) is 3.53. The molecule has 1 rings (SSSR count). The van der Waals surface area contributed by atoms with Crippen LogP contribution in [0.15, 0.2) is 18.2 Å². The molecule has 0 bridgehead atoms. The van der Waals surface area contributed by atoms with Crippen LogP contribution in [0, 0.1) is 0 Å². The molecule has 2 nitrogen and oxygen atoms in total. The number of nitrogens with two attached hydrogens (primary N) is 1. The van der Waals surface area contributed by atoms with Crippen molar-refractivity contribution in [3.05, 3.63) is 33.8 Å². The van der Waals surface area contributed by atoms with E-state index >= 15 is 0 Å². The van der Waals surface area contributed by atoms with Crippen molar-refractivity contribution in [2.24, 2.45) is 5.73 Å². The minimum absolute atomic E-state index is 0.0510. The highest BCUT2D eigenvalue weighted by Crippen LogP contribution is 2.26. The van der Waals surface area contributed by atoms with Gasteiger partial charge in [-0.15, -0.1) is 0 Å². The molecular weight excluding hydrogens is 245 g/mol. The Hall–Kier alpha value is -0.280. The van der Waals surface area contributed by atoms with Crippen molar-refractivity contribution in [1.82, 2.24) is 0 Å². The second kappa shape index (κ2) is 6.45. The quantitative estimate of drug-likeness (QED) is 0.883. The SMILES string of the molecule is CCC(OC)C(N)Cc1cccc(Cl)c1Cl. The molecule has 0 spiro atoms. The molecule has 90 valence electrons. The number of methoxy groups -OCH3 is 1. The van der Waals surface area contributed by atoms with E-state index in [0.717, 1.165) is 12.0 Å². The molecule has 0 saturated heterocycles. The average Bonchev–Trinajstić information content (AvgIpc) is 2.26. The van der Waals surface area contributed by atoms with Gasteiger partial charge in [0, 0.05) is 13.2 Å². The molecule has 0 heterocycles. The van der Waals surface area contributed by atoms with Gasteiger partial charge in [-0.05, 0) is 24.5 Å².